The monoisotopic (exact) mass is 254 g/mol. The third-order valence-electron chi connectivity index (χ3n) is 3.82. The highest BCUT2D eigenvalue weighted by atomic mass is 16.4. The second kappa shape index (κ2) is 5.69. The fourth-order valence-electron chi connectivity index (χ4n) is 2.49. The molecule has 1 saturated carbocycles. The van der Waals surface area contributed by atoms with Gasteiger partial charge in [0.2, 0.25) is 5.91 Å². The van der Waals surface area contributed by atoms with Gasteiger partial charge in [0.05, 0.1) is 0 Å². The lowest BCUT2D eigenvalue weighted by atomic mass is 9.92. The lowest BCUT2D eigenvalue weighted by Crippen LogP contribution is -2.50. The van der Waals surface area contributed by atoms with Gasteiger partial charge in [0.25, 0.3) is 0 Å². The molecular formula is C13H22N2O3. The van der Waals surface area contributed by atoms with Crippen molar-refractivity contribution >= 4 is 11.9 Å². The molecule has 102 valence electrons. The van der Waals surface area contributed by atoms with Crippen molar-refractivity contribution < 1.29 is 14.7 Å². The van der Waals surface area contributed by atoms with Gasteiger partial charge in [-0.15, -0.1) is 0 Å². The molecule has 1 amide bonds. The molecule has 5 nitrogen and oxygen atoms in total. The van der Waals surface area contributed by atoms with Crippen molar-refractivity contribution in [2.45, 2.75) is 51.1 Å². The van der Waals surface area contributed by atoms with Gasteiger partial charge in [-0.2, -0.15) is 0 Å². The molecule has 5 heteroatoms. The zero-order valence-corrected chi connectivity index (χ0v) is 10.9. The molecule has 1 heterocycles. The second-order valence-electron chi connectivity index (χ2n) is 5.55. The van der Waals surface area contributed by atoms with Crippen LogP contribution in [-0.2, 0) is 9.59 Å². The van der Waals surface area contributed by atoms with Crippen LogP contribution in [0.2, 0.25) is 0 Å². The summed E-state index contributed by atoms with van der Waals surface area (Å²) in [5, 5.41) is 12.5. The van der Waals surface area contributed by atoms with E-state index in [9.17, 15) is 14.7 Å². The number of nitrogens with zero attached hydrogens (tertiary/aromatic N) is 1. The molecule has 1 saturated heterocycles. The van der Waals surface area contributed by atoms with E-state index in [4.69, 9.17) is 0 Å². The van der Waals surface area contributed by atoms with E-state index in [0.717, 1.165) is 6.42 Å². The average Bonchev–Trinajstić information content (AvgIpc) is 3.12. The molecule has 2 atom stereocenters. The molecule has 0 radical (unpaired) electrons. The molecule has 2 rings (SSSR count). The maximum Gasteiger partial charge on any atom is 0.326 e. The summed E-state index contributed by atoms with van der Waals surface area (Å²) >= 11 is 0. The minimum Gasteiger partial charge on any atom is -0.480 e. The fraction of sp³-hybridized carbons (Fsp3) is 0.846. The second-order valence-corrected chi connectivity index (χ2v) is 5.55. The number of nitrogens with one attached hydrogen (secondary N) is 1. The molecule has 2 N–H and O–H groups in total. The van der Waals surface area contributed by atoms with Crippen LogP contribution >= 0.6 is 0 Å². The third-order valence-corrected chi connectivity index (χ3v) is 3.82. The summed E-state index contributed by atoms with van der Waals surface area (Å²) in [5.74, 6) is -0.507. The summed E-state index contributed by atoms with van der Waals surface area (Å²) in [4.78, 5) is 24.8. The van der Waals surface area contributed by atoms with Crippen LogP contribution in [0.1, 0.15) is 39.0 Å². The molecule has 1 aliphatic carbocycles. The van der Waals surface area contributed by atoms with Gasteiger partial charge < -0.3 is 15.3 Å². The largest absolute Gasteiger partial charge is 0.480 e. The van der Waals surface area contributed by atoms with Gasteiger partial charge in [0.15, 0.2) is 0 Å². The minimum atomic E-state index is -0.870. The van der Waals surface area contributed by atoms with Crippen molar-refractivity contribution in [3.05, 3.63) is 0 Å². The molecule has 0 aromatic heterocycles. The van der Waals surface area contributed by atoms with Crippen molar-refractivity contribution in [1.82, 2.24) is 10.2 Å². The average molecular weight is 254 g/mol. The summed E-state index contributed by atoms with van der Waals surface area (Å²) in [6, 6.07) is -0.0309. The minimum absolute atomic E-state index is 0.0255. The lowest BCUT2D eigenvalue weighted by molar-refractivity contribution is -0.153. The number of likely N-dealkylation sites (tertiary alicyclic amines) is 1. The van der Waals surface area contributed by atoms with Crippen molar-refractivity contribution in [2.24, 2.45) is 5.92 Å². The molecule has 2 unspecified atom stereocenters. The van der Waals surface area contributed by atoms with E-state index >= 15 is 0 Å². The molecule has 18 heavy (non-hydrogen) atoms. The van der Waals surface area contributed by atoms with Crippen LogP contribution in [-0.4, -0.2) is 47.1 Å². The summed E-state index contributed by atoms with van der Waals surface area (Å²) in [6.07, 6.45) is 4.30. The number of hydrogen-bond acceptors (Lipinski definition) is 3. The van der Waals surface area contributed by atoms with Crippen molar-refractivity contribution in [2.75, 3.05) is 13.1 Å². The highest BCUT2D eigenvalue weighted by molar-refractivity contribution is 5.84. The van der Waals surface area contributed by atoms with E-state index in [1.807, 2.05) is 6.92 Å². The number of carboxylic acid groups (broad SMARTS) is 1. The number of hydrogen-bond donors (Lipinski definition) is 2. The lowest BCUT2D eigenvalue weighted by Gasteiger charge is -2.36. The first-order valence-corrected chi connectivity index (χ1v) is 6.83. The van der Waals surface area contributed by atoms with Gasteiger partial charge in [-0.1, -0.05) is 6.92 Å². The van der Waals surface area contributed by atoms with Crippen LogP contribution in [0, 0.1) is 5.92 Å². The van der Waals surface area contributed by atoms with Gasteiger partial charge >= 0.3 is 5.97 Å². The Hall–Kier alpha value is -1.10. The molecule has 2 aliphatic rings. The van der Waals surface area contributed by atoms with Crippen LogP contribution < -0.4 is 5.32 Å². The first kappa shape index (κ1) is 13.3. The smallest absolute Gasteiger partial charge is 0.326 e. The van der Waals surface area contributed by atoms with E-state index in [-0.39, 0.29) is 5.91 Å². The van der Waals surface area contributed by atoms with E-state index in [1.54, 1.807) is 4.90 Å². The molecule has 1 aliphatic heterocycles. The summed E-state index contributed by atoms with van der Waals surface area (Å²) in [6.45, 7) is 3.30. The number of rotatable bonds is 5. The highest BCUT2D eigenvalue weighted by Gasteiger charge is 2.34. The summed E-state index contributed by atoms with van der Waals surface area (Å²) in [7, 11) is 0. The van der Waals surface area contributed by atoms with Crippen molar-refractivity contribution in [3.63, 3.8) is 0 Å². The van der Waals surface area contributed by atoms with Crippen molar-refractivity contribution in [3.8, 4) is 0 Å². The van der Waals surface area contributed by atoms with Crippen LogP contribution in [0.15, 0.2) is 0 Å². The first-order chi connectivity index (χ1) is 8.58. The fourth-order valence-corrected chi connectivity index (χ4v) is 2.49. The molecule has 0 bridgehead atoms. The van der Waals surface area contributed by atoms with E-state index in [2.05, 4.69) is 5.32 Å². The zero-order chi connectivity index (χ0) is 13.1. The standard InChI is InChI=1S/C13H22N2O3/c1-9-5-7-15(11(8-9)13(17)18)12(16)4-6-14-10-2-3-10/h9-11,14H,2-8H2,1H3,(H,17,18). The summed E-state index contributed by atoms with van der Waals surface area (Å²) < 4.78 is 0. The van der Waals surface area contributed by atoms with Crippen LogP contribution in [0.3, 0.4) is 0 Å². The van der Waals surface area contributed by atoms with Crippen LogP contribution in [0.25, 0.3) is 0 Å². The van der Waals surface area contributed by atoms with Gasteiger partial charge in [-0.05, 0) is 31.6 Å². The number of piperidine rings is 1. The summed E-state index contributed by atoms with van der Waals surface area (Å²) in [5.41, 5.74) is 0. The maximum absolute atomic E-state index is 12.0. The number of aliphatic carboxylic acids is 1. The number of carbonyl (C=O) groups excluding carboxylic acids is 1. The SMILES string of the molecule is CC1CCN(C(=O)CCNC2CC2)C(C(=O)O)C1. The Kier molecular flexibility index (Phi) is 4.22. The van der Waals surface area contributed by atoms with Gasteiger partial charge in [0, 0.05) is 25.6 Å². The molecule has 0 aromatic carbocycles. The maximum atomic E-state index is 12.0. The van der Waals surface area contributed by atoms with E-state index in [0.29, 0.717) is 37.9 Å². The van der Waals surface area contributed by atoms with E-state index in [1.165, 1.54) is 12.8 Å². The Morgan fingerprint density at radius 1 is 1.33 bits per heavy atom. The quantitative estimate of drug-likeness (QED) is 0.763. The Morgan fingerprint density at radius 3 is 2.67 bits per heavy atom. The molecule has 0 spiro atoms. The Labute approximate surface area is 108 Å². The predicted molar refractivity (Wildman–Crippen MR) is 67.2 cm³/mol. The van der Waals surface area contributed by atoms with Crippen molar-refractivity contribution in [1.29, 1.82) is 0 Å². The van der Waals surface area contributed by atoms with E-state index < -0.39 is 12.0 Å². The Morgan fingerprint density at radius 2 is 2.06 bits per heavy atom. The Balaban J connectivity index is 1.83. The highest BCUT2D eigenvalue weighted by Crippen LogP contribution is 2.23. The van der Waals surface area contributed by atoms with Gasteiger partial charge in [-0.3, -0.25) is 4.79 Å². The van der Waals surface area contributed by atoms with Gasteiger partial charge in [-0.25, -0.2) is 4.79 Å². The Bertz CT molecular complexity index is 328. The van der Waals surface area contributed by atoms with Crippen LogP contribution in [0.5, 0.6) is 0 Å². The molecule has 2 fully saturated rings. The van der Waals surface area contributed by atoms with Crippen LogP contribution in [0.4, 0.5) is 0 Å². The first-order valence-electron chi connectivity index (χ1n) is 6.83. The number of carbonyl (C=O) groups is 2. The third kappa shape index (κ3) is 3.45. The predicted octanol–water partition coefficient (Wildman–Crippen LogP) is 0.840. The normalized spacial score (nSPS) is 28.2. The van der Waals surface area contributed by atoms with Gasteiger partial charge in [0.1, 0.15) is 6.04 Å². The molecular weight excluding hydrogens is 232 g/mol. The zero-order valence-electron chi connectivity index (χ0n) is 10.9. The molecule has 0 aromatic rings. The number of carboxylic acids is 1. The number of amides is 1. The topological polar surface area (TPSA) is 69.6 Å².